The van der Waals surface area contributed by atoms with E-state index in [-0.39, 0.29) is 12.4 Å². The summed E-state index contributed by atoms with van der Waals surface area (Å²) in [5.41, 5.74) is 8.22. The smallest absolute Gasteiger partial charge is 0.213 e. The Morgan fingerprint density at radius 1 is 1.06 bits per heavy atom. The number of benzene rings is 2. The van der Waals surface area contributed by atoms with E-state index in [0.717, 1.165) is 43.2 Å². The molecule has 0 saturated heterocycles. The molecule has 2 aromatic carbocycles. The van der Waals surface area contributed by atoms with Gasteiger partial charge in [0.25, 0.3) is 0 Å². The maximum absolute atomic E-state index is 14.6. The molecule has 3 nitrogen and oxygen atoms in total. The number of aromatic nitrogens is 1. The summed E-state index contributed by atoms with van der Waals surface area (Å²) in [5, 5.41) is 9.97. The molecule has 34 heavy (non-hydrogen) atoms. The van der Waals surface area contributed by atoms with E-state index in [1.54, 1.807) is 0 Å². The van der Waals surface area contributed by atoms with Crippen LogP contribution in [0, 0.1) is 25.6 Å². The molecule has 1 aromatic heterocycles. The van der Waals surface area contributed by atoms with Crippen LogP contribution < -0.4 is 4.74 Å². The van der Waals surface area contributed by atoms with Gasteiger partial charge in [-0.15, -0.1) is 0 Å². The van der Waals surface area contributed by atoms with Gasteiger partial charge in [0, 0.05) is 17.8 Å². The molecule has 0 amide bonds. The Morgan fingerprint density at radius 2 is 1.76 bits per heavy atom. The van der Waals surface area contributed by atoms with Gasteiger partial charge in [-0.05, 0) is 117 Å². The molecule has 4 rings (SSSR count). The molecule has 180 valence electrons. The van der Waals surface area contributed by atoms with Gasteiger partial charge in [-0.2, -0.15) is 0 Å². The average Bonchev–Trinajstić information content (AvgIpc) is 3.11. The fourth-order valence-corrected chi connectivity index (χ4v) is 5.15. The van der Waals surface area contributed by atoms with Crippen LogP contribution in [-0.2, 0) is 25.9 Å². The zero-order valence-corrected chi connectivity index (χ0v) is 21.0. The lowest BCUT2D eigenvalue weighted by Gasteiger charge is -2.18. The normalized spacial score (nSPS) is 15.4. The monoisotopic (exact) mass is 461 g/mol. The maximum Gasteiger partial charge on any atom is 0.213 e. The molecule has 0 fully saturated rings. The SMILES string of the molecule is Cc1cc(CCCC(C)(C)O)cc(C)c1-c1ccc(F)c(COc2cc3c(cn2)CC(C)C3)c1. The second-order valence-corrected chi connectivity index (χ2v) is 10.7. The van der Waals surface area contributed by atoms with Gasteiger partial charge < -0.3 is 9.84 Å². The molecule has 1 aliphatic rings. The largest absolute Gasteiger partial charge is 0.473 e. The number of nitrogens with zero attached hydrogens (tertiary/aromatic N) is 1. The Balaban J connectivity index is 1.50. The Labute approximate surface area is 203 Å². The topological polar surface area (TPSA) is 42.4 Å². The van der Waals surface area contributed by atoms with E-state index < -0.39 is 5.60 Å². The lowest BCUT2D eigenvalue weighted by atomic mass is 9.90. The standard InChI is InChI=1S/C30H36FNO2/c1-19-11-24-16-28(32-17-25(24)12-19)34-18-26-15-23(8-9-27(26)31)29-20(2)13-22(14-21(29)3)7-6-10-30(4,5)33/h8-9,13-17,19,33H,6-7,10-12,18H2,1-5H3. The number of aryl methyl sites for hydroxylation is 3. The van der Waals surface area contributed by atoms with Crippen molar-refractivity contribution in [2.75, 3.05) is 0 Å². The maximum atomic E-state index is 14.6. The first-order valence-electron chi connectivity index (χ1n) is 12.3. The van der Waals surface area contributed by atoms with Crippen LogP contribution in [-0.4, -0.2) is 15.7 Å². The minimum atomic E-state index is -0.635. The van der Waals surface area contributed by atoms with Crippen molar-refractivity contribution in [3.8, 4) is 17.0 Å². The van der Waals surface area contributed by atoms with Crippen LogP contribution in [0.3, 0.4) is 0 Å². The summed E-state index contributed by atoms with van der Waals surface area (Å²) in [6, 6.07) is 11.7. The van der Waals surface area contributed by atoms with Crippen molar-refractivity contribution < 1.29 is 14.2 Å². The summed E-state index contributed by atoms with van der Waals surface area (Å²) in [6.07, 6.45) is 6.65. The molecule has 1 N–H and O–H groups in total. The zero-order valence-electron chi connectivity index (χ0n) is 21.0. The van der Waals surface area contributed by atoms with E-state index in [0.29, 0.717) is 17.4 Å². The van der Waals surface area contributed by atoms with Gasteiger partial charge in [0.2, 0.25) is 5.88 Å². The predicted molar refractivity (Wildman–Crippen MR) is 136 cm³/mol. The highest BCUT2D eigenvalue weighted by Gasteiger charge is 2.19. The molecule has 3 aromatic rings. The van der Waals surface area contributed by atoms with Gasteiger partial charge in [-0.3, -0.25) is 0 Å². The van der Waals surface area contributed by atoms with Gasteiger partial charge in [0.1, 0.15) is 12.4 Å². The van der Waals surface area contributed by atoms with Gasteiger partial charge in [-0.25, -0.2) is 9.37 Å². The molecule has 0 radical (unpaired) electrons. The zero-order chi connectivity index (χ0) is 24.5. The van der Waals surface area contributed by atoms with Crippen molar-refractivity contribution >= 4 is 0 Å². The number of fused-ring (bicyclic) bond motifs is 1. The van der Waals surface area contributed by atoms with E-state index in [1.165, 1.54) is 33.9 Å². The van der Waals surface area contributed by atoms with Crippen LogP contribution in [0.25, 0.3) is 11.1 Å². The van der Waals surface area contributed by atoms with E-state index >= 15 is 0 Å². The van der Waals surface area contributed by atoms with Crippen LogP contribution in [0.5, 0.6) is 5.88 Å². The lowest BCUT2D eigenvalue weighted by Crippen LogP contribution is -2.18. The van der Waals surface area contributed by atoms with Crippen molar-refractivity contribution in [2.24, 2.45) is 5.92 Å². The summed E-state index contributed by atoms with van der Waals surface area (Å²) < 4.78 is 20.5. The third-order valence-corrected chi connectivity index (χ3v) is 6.75. The number of halogens is 1. The molecule has 0 bridgehead atoms. The van der Waals surface area contributed by atoms with Crippen molar-refractivity contribution in [3.63, 3.8) is 0 Å². The average molecular weight is 462 g/mol. The Hall–Kier alpha value is -2.72. The van der Waals surface area contributed by atoms with Crippen LogP contribution >= 0.6 is 0 Å². The summed E-state index contributed by atoms with van der Waals surface area (Å²) in [6.45, 7) is 10.3. The number of pyridine rings is 1. The summed E-state index contributed by atoms with van der Waals surface area (Å²) in [4.78, 5) is 4.43. The lowest BCUT2D eigenvalue weighted by molar-refractivity contribution is 0.0689. The van der Waals surface area contributed by atoms with Crippen molar-refractivity contribution in [1.82, 2.24) is 4.98 Å². The van der Waals surface area contributed by atoms with E-state index in [1.807, 2.05) is 38.2 Å². The Kier molecular flexibility index (Phi) is 7.09. The summed E-state index contributed by atoms with van der Waals surface area (Å²) in [7, 11) is 0. The molecule has 1 atom stereocenters. The molecule has 0 saturated carbocycles. The first-order chi connectivity index (χ1) is 16.1. The minimum Gasteiger partial charge on any atom is -0.473 e. The molecule has 1 unspecified atom stereocenters. The highest BCUT2D eigenvalue weighted by atomic mass is 19.1. The first-order valence-corrected chi connectivity index (χ1v) is 12.3. The van der Waals surface area contributed by atoms with E-state index in [4.69, 9.17) is 4.74 Å². The second kappa shape index (κ2) is 9.87. The second-order valence-electron chi connectivity index (χ2n) is 10.7. The van der Waals surface area contributed by atoms with Crippen molar-refractivity contribution in [2.45, 2.75) is 78.9 Å². The molecule has 1 aliphatic carbocycles. The molecule has 4 heteroatoms. The van der Waals surface area contributed by atoms with Crippen LogP contribution in [0.4, 0.5) is 4.39 Å². The van der Waals surface area contributed by atoms with Crippen molar-refractivity contribution in [1.29, 1.82) is 0 Å². The van der Waals surface area contributed by atoms with Crippen molar-refractivity contribution in [3.05, 3.63) is 81.8 Å². The quantitative estimate of drug-likeness (QED) is 0.396. The highest BCUT2D eigenvalue weighted by Crippen LogP contribution is 2.32. The minimum absolute atomic E-state index is 0.147. The summed E-state index contributed by atoms with van der Waals surface area (Å²) in [5.74, 6) is 0.929. The molecular weight excluding hydrogens is 425 g/mol. The number of hydrogen-bond acceptors (Lipinski definition) is 3. The number of rotatable bonds is 8. The third kappa shape index (κ3) is 5.85. The van der Waals surface area contributed by atoms with Crippen LogP contribution in [0.2, 0.25) is 0 Å². The van der Waals surface area contributed by atoms with Crippen LogP contribution in [0.15, 0.2) is 42.6 Å². The van der Waals surface area contributed by atoms with E-state index in [9.17, 15) is 9.50 Å². The number of hydrogen-bond donors (Lipinski definition) is 1. The van der Waals surface area contributed by atoms with Gasteiger partial charge in [-0.1, -0.05) is 25.1 Å². The molecule has 0 aliphatic heterocycles. The fourth-order valence-electron chi connectivity index (χ4n) is 5.15. The molecular formula is C30H36FNO2. The van der Waals surface area contributed by atoms with Gasteiger partial charge in [0.05, 0.1) is 5.60 Å². The van der Waals surface area contributed by atoms with Gasteiger partial charge in [0.15, 0.2) is 0 Å². The molecule has 1 heterocycles. The predicted octanol–water partition coefficient (Wildman–Crippen LogP) is 6.91. The number of aliphatic hydroxyl groups is 1. The third-order valence-electron chi connectivity index (χ3n) is 6.75. The Morgan fingerprint density at radius 3 is 2.47 bits per heavy atom. The number of ether oxygens (including phenoxy) is 1. The highest BCUT2D eigenvalue weighted by molar-refractivity contribution is 5.72. The Bertz CT molecular complexity index is 1160. The van der Waals surface area contributed by atoms with Gasteiger partial charge >= 0.3 is 0 Å². The van der Waals surface area contributed by atoms with Crippen LogP contribution in [0.1, 0.15) is 67.0 Å². The van der Waals surface area contributed by atoms with E-state index in [2.05, 4.69) is 37.9 Å². The fraction of sp³-hybridized carbons (Fsp3) is 0.433. The summed E-state index contributed by atoms with van der Waals surface area (Å²) >= 11 is 0. The molecule has 0 spiro atoms. The first kappa shape index (κ1) is 24.4.